The summed E-state index contributed by atoms with van der Waals surface area (Å²) in [6.07, 6.45) is 0. The summed E-state index contributed by atoms with van der Waals surface area (Å²) in [5.74, 6) is 0. The summed E-state index contributed by atoms with van der Waals surface area (Å²) in [5, 5.41) is 0. The zero-order valence-electron chi connectivity index (χ0n) is 46.6. The van der Waals surface area contributed by atoms with E-state index < -0.39 is 0 Å². The lowest BCUT2D eigenvalue weighted by atomic mass is 9.77. The molecule has 0 saturated heterocycles. The van der Waals surface area contributed by atoms with E-state index in [1.165, 1.54) is 94.6 Å². The first kappa shape index (κ1) is 50.5. The summed E-state index contributed by atoms with van der Waals surface area (Å²) < 4.78 is 0. The number of fused-ring (bicyclic) bond motifs is 3. The second-order valence-corrected chi connectivity index (χ2v) is 26.5. The highest BCUT2D eigenvalue weighted by molar-refractivity contribution is 5.99. The maximum Gasteiger partial charge on any atom is 0.0549 e. The lowest BCUT2D eigenvalue weighted by Crippen LogP contribution is -2.18. The van der Waals surface area contributed by atoms with E-state index in [0.29, 0.717) is 0 Å². The van der Waals surface area contributed by atoms with E-state index in [9.17, 15) is 0 Å². The van der Waals surface area contributed by atoms with Crippen LogP contribution in [0.5, 0.6) is 0 Å². The molecule has 0 saturated carbocycles. The first-order valence-corrected chi connectivity index (χ1v) is 26.4. The molecule has 0 atom stereocenters. The molecule has 1 aliphatic carbocycles. The molecular formula is C71H79N. The van der Waals surface area contributed by atoms with Crippen LogP contribution in [-0.4, -0.2) is 0 Å². The number of hydrogen-bond acceptors (Lipinski definition) is 1. The highest BCUT2D eigenvalue weighted by atomic mass is 15.1. The van der Waals surface area contributed by atoms with Crippen LogP contribution < -0.4 is 4.90 Å². The molecule has 0 heterocycles. The van der Waals surface area contributed by atoms with Gasteiger partial charge in [0.1, 0.15) is 0 Å². The lowest BCUT2D eigenvalue weighted by molar-refractivity contribution is 0.569. The molecule has 8 aromatic carbocycles. The van der Waals surface area contributed by atoms with E-state index >= 15 is 0 Å². The minimum absolute atomic E-state index is 0.0108. The van der Waals surface area contributed by atoms with E-state index in [4.69, 9.17) is 0 Å². The Morgan fingerprint density at radius 2 is 0.778 bits per heavy atom. The van der Waals surface area contributed by atoms with Crippen LogP contribution in [0, 0.1) is 0 Å². The van der Waals surface area contributed by atoms with Gasteiger partial charge in [0.25, 0.3) is 0 Å². The normalized spacial score (nSPS) is 13.7. The first-order chi connectivity index (χ1) is 33.6. The van der Waals surface area contributed by atoms with Gasteiger partial charge in [-0.05, 0) is 159 Å². The monoisotopic (exact) mass is 946 g/mol. The van der Waals surface area contributed by atoms with Gasteiger partial charge in [0.2, 0.25) is 0 Å². The zero-order chi connectivity index (χ0) is 51.9. The lowest BCUT2D eigenvalue weighted by Gasteiger charge is -2.33. The molecule has 8 aromatic rings. The van der Waals surface area contributed by atoms with Gasteiger partial charge in [-0.1, -0.05) is 245 Å². The summed E-state index contributed by atoms with van der Waals surface area (Å²) in [6, 6.07) is 65.6. The molecule has 0 radical (unpaired) electrons. The zero-order valence-corrected chi connectivity index (χ0v) is 46.6. The number of benzene rings is 8. The van der Waals surface area contributed by atoms with E-state index in [1.807, 2.05) is 0 Å². The van der Waals surface area contributed by atoms with E-state index in [1.54, 1.807) is 0 Å². The third kappa shape index (κ3) is 9.77. The molecule has 1 aliphatic rings. The predicted octanol–water partition coefficient (Wildman–Crippen LogP) is 20.6. The van der Waals surface area contributed by atoms with E-state index in [2.05, 4.69) is 292 Å². The van der Waals surface area contributed by atoms with Gasteiger partial charge in [-0.15, -0.1) is 0 Å². The van der Waals surface area contributed by atoms with Crippen molar-refractivity contribution in [2.24, 2.45) is 0 Å². The van der Waals surface area contributed by atoms with Crippen LogP contribution in [0.15, 0.2) is 170 Å². The molecule has 0 bridgehead atoms. The molecule has 0 aliphatic heterocycles. The Kier molecular flexibility index (Phi) is 12.6. The van der Waals surface area contributed by atoms with Crippen LogP contribution in [0.3, 0.4) is 0 Å². The molecule has 0 fully saturated rings. The van der Waals surface area contributed by atoms with Gasteiger partial charge in [0.05, 0.1) is 5.69 Å². The number of rotatable bonds is 7. The van der Waals surface area contributed by atoms with E-state index in [0.717, 1.165) is 17.1 Å². The van der Waals surface area contributed by atoms with Crippen LogP contribution in [0.2, 0.25) is 0 Å². The second kappa shape index (κ2) is 17.9. The van der Waals surface area contributed by atoms with Gasteiger partial charge in [0.15, 0.2) is 0 Å². The molecule has 368 valence electrons. The second-order valence-electron chi connectivity index (χ2n) is 26.5. The number of nitrogens with zero attached hydrogens (tertiary/aromatic N) is 1. The van der Waals surface area contributed by atoms with Crippen LogP contribution in [0.25, 0.3) is 55.6 Å². The van der Waals surface area contributed by atoms with Gasteiger partial charge in [0, 0.05) is 22.4 Å². The third-order valence-electron chi connectivity index (χ3n) is 15.4. The molecule has 1 heteroatoms. The van der Waals surface area contributed by atoms with Gasteiger partial charge < -0.3 is 4.90 Å². The molecule has 0 spiro atoms. The van der Waals surface area contributed by atoms with Crippen LogP contribution in [-0.2, 0) is 32.5 Å². The Morgan fingerprint density at radius 1 is 0.292 bits per heavy atom. The molecule has 0 aromatic heterocycles. The van der Waals surface area contributed by atoms with Crippen LogP contribution >= 0.6 is 0 Å². The SMILES string of the molecule is CC(C)(C)c1ccc(-c2cccc(N(c3ccc4c(c3)C(C)(C)c3ccccc3-4)c3cc(C(C)(C)C)cc(-c4cc(-c5cc(C(C)(C)C)cc(C(C)(C)C)c5)cc(C(C)(C)C)c4)c3-c3ccccc3)c2)cc1. The molecule has 0 amide bonds. The Balaban J connectivity index is 1.38. The van der Waals surface area contributed by atoms with Crippen LogP contribution in [0.4, 0.5) is 17.1 Å². The van der Waals surface area contributed by atoms with Crippen molar-refractivity contribution in [2.45, 2.75) is 150 Å². The fourth-order valence-corrected chi connectivity index (χ4v) is 10.7. The highest BCUT2D eigenvalue weighted by Gasteiger charge is 2.36. The van der Waals surface area contributed by atoms with Crippen molar-refractivity contribution in [2.75, 3.05) is 4.90 Å². The van der Waals surface area contributed by atoms with Crippen molar-refractivity contribution in [1.82, 2.24) is 0 Å². The third-order valence-corrected chi connectivity index (χ3v) is 15.4. The molecule has 0 N–H and O–H groups in total. The molecular weight excluding hydrogens is 867 g/mol. The Hall–Kier alpha value is -6.44. The minimum atomic E-state index is -0.175. The standard InChI is InChI=1S/C71H79N/c1-66(2,3)52-32-30-46(31-33-52)48-26-23-27-57(41-48)72(58-34-35-60-59-28-21-22-29-62(59)71(16,17)63(60)45-58)64-44-56(70(13,14)15)43-61(65(64)47-24-19-18-20-25-47)51-36-49(37-53(40-51)67(4,5)6)50-38-54(68(7,8)9)42-55(39-50)69(10,11)12/h18-45H,1-17H3. The molecule has 0 unspecified atom stereocenters. The summed E-state index contributed by atoms with van der Waals surface area (Å²) in [7, 11) is 0. The minimum Gasteiger partial charge on any atom is -0.310 e. The summed E-state index contributed by atoms with van der Waals surface area (Å²) in [5.41, 5.74) is 24.8. The summed E-state index contributed by atoms with van der Waals surface area (Å²) in [6.45, 7) is 39.8. The van der Waals surface area contributed by atoms with Crippen molar-refractivity contribution >= 4 is 17.1 Å². The maximum atomic E-state index is 2.57. The fraction of sp³-hybridized carbons (Fsp3) is 0.324. The van der Waals surface area contributed by atoms with Crippen molar-refractivity contribution in [3.05, 3.63) is 209 Å². The van der Waals surface area contributed by atoms with Crippen molar-refractivity contribution in [1.29, 1.82) is 0 Å². The van der Waals surface area contributed by atoms with Gasteiger partial charge in [-0.3, -0.25) is 0 Å². The Labute approximate surface area is 434 Å². The Morgan fingerprint density at radius 3 is 1.38 bits per heavy atom. The average molecular weight is 946 g/mol. The predicted molar refractivity (Wildman–Crippen MR) is 314 cm³/mol. The fourth-order valence-electron chi connectivity index (χ4n) is 10.7. The van der Waals surface area contributed by atoms with Gasteiger partial charge in [-0.25, -0.2) is 0 Å². The molecule has 72 heavy (non-hydrogen) atoms. The van der Waals surface area contributed by atoms with Crippen molar-refractivity contribution in [3.8, 4) is 55.6 Å². The maximum absolute atomic E-state index is 2.57. The summed E-state index contributed by atoms with van der Waals surface area (Å²) >= 11 is 0. The summed E-state index contributed by atoms with van der Waals surface area (Å²) in [4.78, 5) is 2.57. The van der Waals surface area contributed by atoms with Crippen molar-refractivity contribution < 1.29 is 0 Å². The van der Waals surface area contributed by atoms with Crippen LogP contribution in [0.1, 0.15) is 157 Å². The highest BCUT2D eigenvalue weighted by Crippen LogP contribution is 2.53. The number of hydrogen-bond donors (Lipinski definition) is 0. The Bertz CT molecular complexity index is 3270. The van der Waals surface area contributed by atoms with Gasteiger partial charge >= 0.3 is 0 Å². The topological polar surface area (TPSA) is 3.24 Å². The van der Waals surface area contributed by atoms with Crippen molar-refractivity contribution in [3.63, 3.8) is 0 Å². The average Bonchev–Trinajstić information content (AvgIpc) is 3.55. The first-order valence-electron chi connectivity index (χ1n) is 26.4. The smallest absolute Gasteiger partial charge is 0.0549 e. The number of anilines is 3. The molecule has 9 rings (SSSR count). The largest absolute Gasteiger partial charge is 0.310 e. The van der Waals surface area contributed by atoms with Gasteiger partial charge in [-0.2, -0.15) is 0 Å². The quantitative estimate of drug-likeness (QED) is 0.154. The van der Waals surface area contributed by atoms with E-state index in [-0.39, 0.29) is 32.5 Å². The molecule has 1 nitrogen and oxygen atoms in total.